The molecule has 1 aliphatic rings. The molecule has 0 aromatic rings. The van der Waals surface area contributed by atoms with Crippen molar-refractivity contribution in [3.8, 4) is 0 Å². The van der Waals surface area contributed by atoms with Crippen LogP contribution in [-0.2, 0) is 9.53 Å². The maximum absolute atomic E-state index is 9.60. The molecule has 0 saturated carbocycles. The van der Waals surface area contributed by atoms with Crippen LogP contribution in [-0.4, -0.2) is 35.5 Å². The van der Waals surface area contributed by atoms with Crippen LogP contribution < -0.4 is 0 Å². The molecule has 66 valence electrons. The summed E-state index contributed by atoms with van der Waals surface area (Å²) in [5.41, 5.74) is 0. The highest BCUT2D eigenvalue weighted by Crippen LogP contribution is 2.04. The number of carbonyl (C=O) groups is 1. The van der Waals surface area contributed by atoms with Gasteiger partial charge in [-0.05, 0) is 6.42 Å². The third-order valence-corrected chi connectivity index (χ3v) is 1.07. The van der Waals surface area contributed by atoms with Crippen molar-refractivity contribution in [1.29, 1.82) is 0 Å². The molecule has 1 aliphatic heterocycles. The van der Waals surface area contributed by atoms with Crippen LogP contribution >= 0.6 is 0 Å². The van der Waals surface area contributed by atoms with Crippen molar-refractivity contribution in [2.75, 3.05) is 13.2 Å². The van der Waals surface area contributed by atoms with Crippen LogP contribution in [0.15, 0.2) is 0 Å². The normalized spacial score (nSPS) is 20.0. The molecular formula is C7H14O4. The van der Waals surface area contributed by atoms with Crippen LogP contribution in [0.1, 0.15) is 19.8 Å². The van der Waals surface area contributed by atoms with Crippen molar-refractivity contribution >= 4 is 5.97 Å². The monoisotopic (exact) mass is 162 g/mol. The Hall–Kier alpha value is -0.610. The second-order valence-corrected chi connectivity index (χ2v) is 2.28. The van der Waals surface area contributed by atoms with E-state index in [0.717, 1.165) is 13.0 Å². The summed E-state index contributed by atoms with van der Waals surface area (Å²) >= 11 is 0. The lowest BCUT2D eigenvalue weighted by Gasteiger charge is -1.79. The summed E-state index contributed by atoms with van der Waals surface area (Å²) < 4.78 is 4.61. The van der Waals surface area contributed by atoms with E-state index in [-0.39, 0.29) is 12.7 Å². The standard InChI is InChI=1S/C4H8O2.C3H6O2/c1-2-3-4(5)6;4-1-3-2-5-3/h2-3H2,1H3,(H,5,6);3-4H,1-2H2. The molecule has 1 heterocycles. The lowest BCUT2D eigenvalue weighted by molar-refractivity contribution is -0.137. The van der Waals surface area contributed by atoms with Gasteiger partial charge in [0.05, 0.1) is 13.2 Å². The molecule has 0 amide bonds. The SMILES string of the molecule is CCCC(=O)O.OCC1CO1. The second kappa shape index (κ2) is 6.12. The first-order valence-corrected chi connectivity index (χ1v) is 3.65. The van der Waals surface area contributed by atoms with E-state index in [9.17, 15) is 4.79 Å². The smallest absolute Gasteiger partial charge is 0.303 e. The van der Waals surface area contributed by atoms with Crippen LogP contribution in [0.25, 0.3) is 0 Å². The van der Waals surface area contributed by atoms with Gasteiger partial charge >= 0.3 is 5.97 Å². The summed E-state index contributed by atoms with van der Waals surface area (Å²) in [5.74, 6) is -0.711. The average molecular weight is 162 g/mol. The first kappa shape index (κ1) is 10.4. The van der Waals surface area contributed by atoms with Gasteiger partial charge in [-0.25, -0.2) is 0 Å². The molecule has 4 nitrogen and oxygen atoms in total. The maximum Gasteiger partial charge on any atom is 0.303 e. The van der Waals surface area contributed by atoms with Crippen LogP contribution in [0.2, 0.25) is 0 Å². The first-order valence-electron chi connectivity index (χ1n) is 3.65. The van der Waals surface area contributed by atoms with Crippen LogP contribution in [0.3, 0.4) is 0 Å². The Bertz CT molecular complexity index is 109. The Morgan fingerprint density at radius 2 is 2.27 bits per heavy atom. The molecule has 2 N–H and O–H groups in total. The lowest BCUT2D eigenvalue weighted by atomic mass is 10.4. The number of epoxide rings is 1. The maximum atomic E-state index is 9.60. The summed E-state index contributed by atoms with van der Waals surface area (Å²) in [6, 6.07) is 0. The highest BCUT2D eigenvalue weighted by Gasteiger charge is 2.19. The molecule has 1 fully saturated rings. The highest BCUT2D eigenvalue weighted by molar-refractivity contribution is 5.66. The van der Waals surface area contributed by atoms with Gasteiger partial charge in [0, 0.05) is 6.42 Å². The summed E-state index contributed by atoms with van der Waals surface area (Å²) in [6.45, 7) is 2.80. The highest BCUT2D eigenvalue weighted by atomic mass is 16.6. The summed E-state index contributed by atoms with van der Waals surface area (Å²) in [6.07, 6.45) is 1.21. The van der Waals surface area contributed by atoms with Gasteiger partial charge in [0.25, 0.3) is 0 Å². The number of carboxylic acid groups (broad SMARTS) is 1. The quantitative estimate of drug-likeness (QED) is 0.583. The zero-order valence-corrected chi connectivity index (χ0v) is 6.62. The lowest BCUT2D eigenvalue weighted by Crippen LogP contribution is -1.90. The van der Waals surface area contributed by atoms with E-state index in [1.165, 1.54) is 0 Å². The molecular weight excluding hydrogens is 148 g/mol. The van der Waals surface area contributed by atoms with E-state index in [0.29, 0.717) is 6.42 Å². The zero-order chi connectivity index (χ0) is 8.69. The Labute approximate surface area is 65.8 Å². The van der Waals surface area contributed by atoms with Crippen molar-refractivity contribution in [3.63, 3.8) is 0 Å². The van der Waals surface area contributed by atoms with Crippen molar-refractivity contribution in [3.05, 3.63) is 0 Å². The summed E-state index contributed by atoms with van der Waals surface area (Å²) in [4.78, 5) is 9.60. The Morgan fingerprint density at radius 1 is 1.73 bits per heavy atom. The number of aliphatic carboxylic acids is 1. The molecule has 0 aliphatic carbocycles. The third-order valence-electron chi connectivity index (χ3n) is 1.07. The molecule has 1 rings (SSSR count). The van der Waals surface area contributed by atoms with Crippen molar-refractivity contribution in [2.45, 2.75) is 25.9 Å². The Morgan fingerprint density at radius 3 is 2.27 bits per heavy atom. The molecule has 0 radical (unpaired) electrons. The van der Waals surface area contributed by atoms with Gasteiger partial charge < -0.3 is 14.9 Å². The molecule has 4 heteroatoms. The van der Waals surface area contributed by atoms with E-state index in [2.05, 4.69) is 4.74 Å². The van der Waals surface area contributed by atoms with Crippen molar-refractivity contribution < 1.29 is 19.7 Å². The molecule has 1 atom stereocenters. The van der Waals surface area contributed by atoms with Gasteiger partial charge in [-0.15, -0.1) is 0 Å². The molecule has 1 saturated heterocycles. The number of aliphatic hydroxyl groups is 1. The Kier molecular flexibility index (Phi) is 5.78. The predicted octanol–water partition coefficient (Wildman–Crippen LogP) is 0.249. The summed E-state index contributed by atoms with van der Waals surface area (Å²) in [5, 5.41) is 16.0. The molecule has 0 spiro atoms. The number of rotatable bonds is 3. The van der Waals surface area contributed by atoms with E-state index < -0.39 is 5.97 Å². The third kappa shape index (κ3) is 9.39. The fourth-order valence-corrected chi connectivity index (χ4v) is 0.387. The fraction of sp³-hybridized carbons (Fsp3) is 0.857. The minimum Gasteiger partial charge on any atom is -0.481 e. The molecule has 11 heavy (non-hydrogen) atoms. The number of carboxylic acids is 1. The van der Waals surface area contributed by atoms with Crippen LogP contribution in [0.5, 0.6) is 0 Å². The van der Waals surface area contributed by atoms with Gasteiger partial charge in [0.1, 0.15) is 6.10 Å². The summed E-state index contributed by atoms with van der Waals surface area (Å²) in [7, 11) is 0. The molecule has 0 aromatic heterocycles. The predicted molar refractivity (Wildman–Crippen MR) is 39.4 cm³/mol. The topological polar surface area (TPSA) is 70.1 Å². The van der Waals surface area contributed by atoms with Gasteiger partial charge in [-0.1, -0.05) is 6.92 Å². The molecule has 0 bridgehead atoms. The van der Waals surface area contributed by atoms with Gasteiger partial charge in [0.2, 0.25) is 0 Å². The average Bonchev–Trinajstić information content (AvgIpc) is 2.69. The van der Waals surface area contributed by atoms with Gasteiger partial charge in [-0.2, -0.15) is 0 Å². The largest absolute Gasteiger partial charge is 0.481 e. The first-order chi connectivity index (χ1) is 5.20. The number of ether oxygens (including phenoxy) is 1. The fourth-order valence-electron chi connectivity index (χ4n) is 0.387. The van der Waals surface area contributed by atoms with Gasteiger partial charge in [0.15, 0.2) is 0 Å². The minimum atomic E-state index is -0.711. The Balaban J connectivity index is 0.000000183. The minimum absolute atomic E-state index is 0.190. The number of hydrogen-bond acceptors (Lipinski definition) is 3. The number of hydrogen-bond donors (Lipinski definition) is 2. The van der Waals surface area contributed by atoms with E-state index >= 15 is 0 Å². The van der Waals surface area contributed by atoms with Crippen molar-refractivity contribution in [1.82, 2.24) is 0 Å². The molecule has 1 unspecified atom stereocenters. The second-order valence-electron chi connectivity index (χ2n) is 2.28. The van der Waals surface area contributed by atoms with E-state index in [4.69, 9.17) is 10.2 Å². The van der Waals surface area contributed by atoms with E-state index in [1.807, 2.05) is 6.92 Å². The van der Waals surface area contributed by atoms with Crippen LogP contribution in [0.4, 0.5) is 0 Å². The van der Waals surface area contributed by atoms with Gasteiger partial charge in [-0.3, -0.25) is 4.79 Å². The van der Waals surface area contributed by atoms with E-state index in [1.54, 1.807) is 0 Å². The van der Waals surface area contributed by atoms with Crippen LogP contribution in [0, 0.1) is 0 Å². The number of aliphatic hydroxyl groups excluding tert-OH is 1. The molecule has 0 aromatic carbocycles. The van der Waals surface area contributed by atoms with Crippen molar-refractivity contribution in [2.24, 2.45) is 0 Å². The zero-order valence-electron chi connectivity index (χ0n) is 6.62.